The van der Waals surface area contributed by atoms with E-state index in [9.17, 15) is 5.11 Å². The predicted molar refractivity (Wildman–Crippen MR) is 72.8 cm³/mol. The fourth-order valence-corrected chi connectivity index (χ4v) is 2.89. The Labute approximate surface area is 107 Å². The van der Waals surface area contributed by atoms with Crippen molar-refractivity contribution in [3.8, 4) is 5.75 Å². The largest absolute Gasteiger partial charge is 0.490 e. The van der Waals surface area contributed by atoms with Crippen LogP contribution in [-0.4, -0.2) is 22.7 Å². The van der Waals surface area contributed by atoms with Gasteiger partial charge in [0, 0.05) is 12.0 Å². The third kappa shape index (κ3) is 3.17. The first-order chi connectivity index (χ1) is 8.20. The van der Waals surface area contributed by atoms with E-state index in [0.717, 1.165) is 35.7 Å². The van der Waals surface area contributed by atoms with Crippen LogP contribution in [0.25, 0.3) is 0 Å². The van der Waals surface area contributed by atoms with Gasteiger partial charge in [-0.1, -0.05) is 18.6 Å². The quantitative estimate of drug-likeness (QED) is 0.834. The lowest BCUT2D eigenvalue weighted by Crippen LogP contribution is -2.26. The lowest BCUT2D eigenvalue weighted by Gasteiger charge is -2.29. The number of aryl methyl sites for hydroxylation is 1. The first-order valence-corrected chi connectivity index (χ1v) is 7.39. The highest BCUT2D eigenvalue weighted by Gasteiger charge is 2.26. The molecule has 3 heteroatoms. The fourth-order valence-electron chi connectivity index (χ4n) is 2.18. The summed E-state index contributed by atoms with van der Waals surface area (Å²) in [4.78, 5) is 0. The number of fused-ring (bicyclic) bond motifs is 1. The van der Waals surface area contributed by atoms with Crippen LogP contribution in [0.2, 0.25) is 0 Å². The van der Waals surface area contributed by atoms with Crippen LogP contribution >= 0.6 is 11.8 Å². The lowest BCUT2D eigenvalue weighted by atomic mass is 9.96. The molecule has 2 rings (SSSR count). The molecule has 0 saturated carbocycles. The van der Waals surface area contributed by atoms with E-state index in [4.69, 9.17) is 4.74 Å². The summed E-state index contributed by atoms with van der Waals surface area (Å²) in [5.74, 6) is 3.11. The molecule has 0 bridgehead atoms. The number of aliphatic hydroxyl groups is 1. The summed E-state index contributed by atoms with van der Waals surface area (Å²) >= 11 is 1.93. The van der Waals surface area contributed by atoms with Crippen LogP contribution in [0.3, 0.4) is 0 Å². The Hall–Kier alpha value is -0.670. The SMILES string of the molecule is CCSCCC1C[C@@H](O)c2cc(C)ccc2O1. The van der Waals surface area contributed by atoms with E-state index in [-0.39, 0.29) is 12.2 Å². The number of ether oxygens (including phenoxy) is 1. The molecule has 0 amide bonds. The van der Waals surface area contributed by atoms with Crippen LogP contribution in [0.5, 0.6) is 5.75 Å². The minimum Gasteiger partial charge on any atom is -0.490 e. The van der Waals surface area contributed by atoms with Crippen molar-refractivity contribution < 1.29 is 9.84 Å². The Morgan fingerprint density at radius 1 is 1.47 bits per heavy atom. The minimum atomic E-state index is -0.365. The van der Waals surface area contributed by atoms with E-state index in [1.807, 2.05) is 36.9 Å². The number of aliphatic hydroxyl groups excluding tert-OH is 1. The zero-order valence-electron chi connectivity index (χ0n) is 10.5. The van der Waals surface area contributed by atoms with E-state index >= 15 is 0 Å². The Kier molecular flexibility index (Phi) is 4.35. The molecule has 1 aromatic rings. The summed E-state index contributed by atoms with van der Waals surface area (Å²) < 4.78 is 5.93. The van der Waals surface area contributed by atoms with E-state index < -0.39 is 0 Å². The van der Waals surface area contributed by atoms with E-state index in [0.29, 0.717) is 0 Å². The smallest absolute Gasteiger partial charge is 0.125 e. The highest BCUT2D eigenvalue weighted by molar-refractivity contribution is 7.99. The molecule has 0 aliphatic carbocycles. The van der Waals surface area contributed by atoms with E-state index in [2.05, 4.69) is 6.92 Å². The summed E-state index contributed by atoms with van der Waals surface area (Å²) in [5, 5.41) is 10.1. The van der Waals surface area contributed by atoms with Gasteiger partial charge in [0.1, 0.15) is 11.9 Å². The second-order valence-electron chi connectivity index (χ2n) is 4.52. The molecular weight excluding hydrogens is 232 g/mol. The third-order valence-corrected chi connectivity index (χ3v) is 4.02. The van der Waals surface area contributed by atoms with Gasteiger partial charge in [0.2, 0.25) is 0 Å². The Balaban J connectivity index is 2.03. The van der Waals surface area contributed by atoms with Gasteiger partial charge in [0.15, 0.2) is 0 Å². The molecule has 0 aromatic heterocycles. The van der Waals surface area contributed by atoms with Gasteiger partial charge >= 0.3 is 0 Å². The Morgan fingerprint density at radius 2 is 2.29 bits per heavy atom. The summed E-state index contributed by atoms with van der Waals surface area (Å²) in [7, 11) is 0. The van der Waals surface area contributed by atoms with E-state index in [1.165, 1.54) is 5.56 Å². The zero-order chi connectivity index (χ0) is 12.3. The molecule has 0 radical (unpaired) electrons. The van der Waals surface area contributed by atoms with E-state index in [1.54, 1.807) is 0 Å². The van der Waals surface area contributed by atoms with Crippen LogP contribution in [0.15, 0.2) is 18.2 Å². The van der Waals surface area contributed by atoms with Gasteiger partial charge in [0.05, 0.1) is 6.10 Å². The van der Waals surface area contributed by atoms with Crippen molar-refractivity contribution in [2.24, 2.45) is 0 Å². The maximum atomic E-state index is 10.1. The molecule has 1 aliphatic rings. The highest BCUT2D eigenvalue weighted by atomic mass is 32.2. The van der Waals surface area contributed by atoms with Crippen LogP contribution in [0, 0.1) is 6.92 Å². The summed E-state index contributed by atoms with van der Waals surface area (Å²) in [6.45, 7) is 4.20. The molecule has 1 unspecified atom stereocenters. The van der Waals surface area contributed by atoms with Crippen LogP contribution in [0.4, 0.5) is 0 Å². The fraction of sp³-hybridized carbons (Fsp3) is 0.571. The van der Waals surface area contributed by atoms with Gasteiger partial charge in [-0.05, 0) is 37.0 Å². The Bertz CT molecular complexity index is 378. The van der Waals surface area contributed by atoms with Gasteiger partial charge in [0.25, 0.3) is 0 Å². The summed E-state index contributed by atoms with van der Waals surface area (Å²) in [6, 6.07) is 6.04. The average molecular weight is 252 g/mol. The normalized spacial score (nSPS) is 23.0. The first kappa shape index (κ1) is 12.8. The summed E-state index contributed by atoms with van der Waals surface area (Å²) in [5.41, 5.74) is 2.12. The van der Waals surface area contributed by atoms with Gasteiger partial charge < -0.3 is 9.84 Å². The van der Waals surface area contributed by atoms with Gasteiger partial charge in [-0.25, -0.2) is 0 Å². The topological polar surface area (TPSA) is 29.5 Å². The Morgan fingerprint density at radius 3 is 3.06 bits per heavy atom. The van der Waals surface area contributed by atoms with Crippen molar-refractivity contribution in [2.45, 2.75) is 38.9 Å². The second-order valence-corrected chi connectivity index (χ2v) is 5.91. The zero-order valence-corrected chi connectivity index (χ0v) is 11.3. The molecule has 2 nitrogen and oxygen atoms in total. The number of hydrogen-bond donors (Lipinski definition) is 1. The lowest BCUT2D eigenvalue weighted by molar-refractivity contribution is 0.0648. The van der Waals surface area contributed by atoms with Crippen LogP contribution in [-0.2, 0) is 0 Å². The molecule has 94 valence electrons. The molecular formula is C14H20O2S. The monoisotopic (exact) mass is 252 g/mol. The standard InChI is InChI=1S/C14H20O2S/c1-3-17-7-6-11-9-13(15)12-8-10(2)4-5-14(12)16-11/h4-5,8,11,13,15H,3,6-7,9H2,1-2H3/t11?,13-/m1/s1. The molecule has 1 heterocycles. The maximum Gasteiger partial charge on any atom is 0.125 e. The molecule has 1 aliphatic heterocycles. The van der Waals surface area contributed by atoms with Crippen molar-refractivity contribution in [1.82, 2.24) is 0 Å². The highest BCUT2D eigenvalue weighted by Crippen LogP contribution is 2.36. The van der Waals surface area contributed by atoms with Crippen molar-refractivity contribution in [3.63, 3.8) is 0 Å². The number of benzene rings is 1. The molecule has 0 spiro atoms. The molecule has 0 saturated heterocycles. The molecule has 2 atom stereocenters. The average Bonchev–Trinajstić information content (AvgIpc) is 2.31. The van der Waals surface area contributed by atoms with Crippen LogP contribution in [0.1, 0.15) is 37.0 Å². The maximum absolute atomic E-state index is 10.1. The molecule has 1 N–H and O–H groups in total. The molecule has 17 heavy (non-hydrogen) atoms. The van der Waals surface area contributed by atoms with Gasteiger partial charge in [-0.2, -0.15) is 11.8 Å². The number of hydrogen-bond acceptors (Lipinski definition) is 3. The predicted octanol–water partition coefficient (Wildman–Crippen LogP) is 3.32. The number of rotatable bonds is 4. The van der Waals surface area contributed by atoms with Crippen molar-refractivity contribution in [1.29, 1.82) is 0 Å². The summed E-state index contributed by atoms with van der Waals surface area (Å²) in [6.07, 6.45) is 1.54. The van der Waals surface area contributed by atoms with Crippen molar-refractivity contribution >= 4 is 11.8 Å². The van der Waals surface area contributed by atoms with Crippen molar-refractivity contribution in [2.75, 3.05) is 11.5 Å². The van der Waals surface area contributed by atoms with Crippen LogP contribution < -0.4 is 4.74 Å². The second kappa shape index (κ2) is 5.78. The molecule has 1 aromatic carbocycles. The first-order valence-electron chi connectivity index (χ1n) is 6.23. The van der Waals surface area contributed by atoms with Gasteiger partial charge in [-0.15, -0.1) is 0 Å². The minimum absolute atomic E-state index is 0.166. The van der Waals surface area contributed by atoms with Gasteiger partial charge in [-0.3, -0.25) is 0 Å². The number of thioether (sulfide) groups is 1. The molecule has 0 fully saturated rings. The third-order valence-electron chi connectivity index (χ3n) is 3.09. The van der Waals surface area contributed by atoms with Crippen molar-refractivity contribution in [3.05, 3.63) is 29.3 Å².